The first-order chi connectivity index (χ1) is 11.9. The highest BCUT2D eigenvalue weighted by Gasteiger charge is 2.26. The second-order valence-corrected chi connectivity index (χ2v) is 7.99. The number of carbonyl (C=O) groups is 2. The van der Waals surface area contributed by atoms with Gasteiger partial charge >= 0.3 is 5.97 Å². The van der Waals surface area contributed by atoms with Gasteiger partial charge in [0.05, 0.1) is 28.6 Å². The first kappa shape index (κ1) is 19.9. The van der Waals surface area contributed by atoms with Gasteiger partial charge in [0, 0.05) is 19.3 Å². The van der Waals surface area contributed by atoms with Gasteiger partial charge in [-0.2, -0.15) is 5.10 Å². The molecule has 2 aromatic heterocycles. The van der Waals surface area contributed by atoms with E-state index in [1.165, 1.54) is 4.90 Å². The van der Waals surface area contributed by atoms with Gasteiger partial charge in [0.15, 0.2) is 5.65 Å². The quantitative estimate of drug-likeness (QED) is 0.885. The maximum atomic E-state index is 13.0. The zero-order valence-electron chi connectivity index (χ0n) is 16.6. The topological polar surface area (TPSA) is 88.3 Å². The lowest BCUT2D eigenvalue weighted by Crippen LogP contribution is -2.29. The molecule has 1 amide bonds. The zero-order chi connectivity index (χ0) is 19.8. The fourth-order valence-electron chi connectivity index (χ4n) is 2.81. The van der Waals surface area contributed by atoms with Crippen LogP contribution in [0.4, 0.5) is 0 Å². The van der Waals surface area contributed by atoms with Crippen molar-refractivity contribution in [1.82, 2.24) is 19.7 Å². The molecule has 0 radical (unpaired) electrons. The molecular formula is C19H28N4O3. The van der Waals surface area contributed by atoms with Crippen LogP contribution in [0.3, 0.4) is 0 Å². The average Bonchev–Trinajstić information content (AvgIpc) is 2.88. The maximum absolute atomic E-state index is 13.0. The number of hydrogen-bond acceptors (Lipinski definition) is 4. The molecule has 7 nitrogen and oxygen atoms in total. The van der Waals surface area contributed by atoms with E-state index in [-0.39, 0.29) is 30.3 Å². The van der Waals surface area contributed by atoms with Crippen molar-refractivity contribution in [2.45, 2.75) is 59.4 Å². The van der Waals surface area contributed by atoms with Gasteiger partial charge in [-0.3, -0.25) is 9.59 Å². The molecule has 26 heavy (non-hydrogen) atoms. The summed E-state index contributed by atoms with van der Waals surface area (Å²) in [6.45, 7) is 12.2. The highest BCUT2D eigenvalue weighted by atomic mass is 16.4. The van der Waals surface area contributed by atoms with E-state index in [4.69, 9.17) is 10.1 Å². The molecule has 0 aliphatic carbocycles. The Morgan fingerprint density at radius 3 is 2.42 bits per heavy atom. The molecule has 0 aliphatic rings. The Morgan fingerprint density at radius 1 is 1.31 bits per heavy atom. The number of aromatic nitrogens is 3. The summed E-state index contributed by atoms with van der Waals surface area (Å²) >= 11 is 0. The maximum Gasteiger partial charge on any atom is 0.305 e. The van der Waals surface area contributed by atoms with Gasteiger partial charge in [-0.1, -0.05) is 13.8 Å². The van der Waals surface area contributed by atoms with Crippen LogP contribution in [0.25, 0.3) is 11.0 Å². The van der Waals surface area contributed by atoms with E-state index in [2.05, 4.69) is 5.10 Å². The molecule has 0 aliphatic heterocycles. The number of carboxylic acids is 1. The highest BCUT2D eigenvalue weighted by molar-refractivity contribution is 6.06. The number of carbonyl (C=O) groups excluding carboxylic acids is 1. The molecule has 0 bridgehead atoms. The molecule has 0 saturated heterocycles. The van der Waals surface area contributed by atoms with Gasteiger partial charge in [-0.15, -0.1) is 0 Å². The van der Waals surface area contributed by atoms with Crippen LogP contribution in [0.5, 0.6) is 0 Å². The monoisotopic (exact) mass is 360 g/mol. The molecule has 1 N–H and O–H groups in total. The predicted molar refractivity (Wildman–Crippen MR) is 101 cm³/mol. The van der Waals surface area contributed by atoms with E-state index in [1.807, 2.05) is 52.3 Å². The van der Waals surface area contributed by atoms with Gasteiger partial charge in [-0.25, -0.2) is 9.67 Å². The summed E-state index contributed by atoms with van der Waals surface area (Å²) in [4.78, 5) is 30.1. The van der Waals surface area contributed by atoms with Gasteiger partial charge < -0.3 is 10.0 Å². The smallest absolute Gasteiger partial charge is 0.305 e. The first-order valence-corrected chi connectivity index (χ1v) is 8.81. The average molecular weight is 360 g/mol. The lowest BCUT2D eigenvalue weighted by molar-refractivity contribution is -0.137. The van der Waals surface area contributed by atoms with Crippen LogP contribution in [0.2, 0.25) is 0 Å². The van der Waals surface area contributed by atoms with Crippen molar-refractivity contribution in [3.8, 4) is 0 Å². The lowest BCUT2D eigenvalue weighted by atomic mass is 10.0. The van der Waals surface area contributed by atoms with E-state index in [9.17, 15) is 9.59 Å². The number of fused-ring (bicyclic) bond motifs is 1. The first-order valence-electron chi connectivity index (χ1n) is 8.81. The molecular weight excluding hydrogens is 332 g/mol. The van der Waals surface area contributed by atoms with Crippen molar-refractivity contribution in [2.75, 3.05) is 13.6 Å². The highest BCUT2D eigenvalue weighted by Crippen LogP contribution is 2.29. The van der Waals surface area contributed by atoms with Crippen LogP contribution >= 0.6 is 0 Å². The predicted octanol–water partition coefficient (Wildman–Crippen LogP) is 3.16. The van der Waals surface area contributed by atoms with Crippen molar-refractivity contribution in [3.63, 3.8) is 0 Å². The number of carboxylic acid groups (broad SMARTS) is 1. The molecule has 2 aromatic rings. The van der Waals surface area contributed by atoms with Gasteiger partial charge in [-0.05, 0) is 39.7 Å². The third-order valence-corrected chi connectivity index (χ3v) is 4.30. The summed E-state index contributed by atoms with van der Waals surface area (Å²) in [5.41, 5.74) is 2.51. The van der Waals surface area contributed by atoms with Crippen molar-refractivity contribution in [2.24, 2.45) is 0 Å². The van der Waals surface area contributed by atoms with Gasteiger partial charge in [0.25, 0.3) is 5.91 Å². The molecule has 0 saturated carbocycles. The summed E-state index contributed by atoms with van der Waals surface area (Å²) in [6, 6.07) is 1.81. The van der Waals surface area contributed by atoms with Crippen molar-refractivity contribution >= 4 is 22.9 Å². The minimum Gasteiger partial charge on any atom is -0.481 e. The Bertz CT molecular complexity index is 847. The van der Waals surface area contributed by atoms with E-state index >= 15 is 0 Å². The van der Waals surface area contributed by atoms with Crippen molar-refractivity contribution < 1.29 is 14.7 Å². The second-order valence-electron chi connectivity index (χ2n) is 7.99. The summed E-state index contributed by atoms with van der Waals surface area (Å²) in [6.07, 6.45) is -0.0895. The summed E-state index contributed by atoms with van der Waals surface area (Å²) in [5, 5.41) is 14.2. The molecule has 142 valence electrons. The Balaban J connectivity index is 2.66. The minimum atomic E-state index is -0.927. The van der Waals surface area contributed by atoms with Crippen molar-refractivity contribution in [1.29, 1.82) is 0 Å². The summed E-state index contributed by atoms with van der Waals surface area (Å²) in [7, 11) is 1.62. The number of pyridine rings is 1. The van der Waals surface area contributed by atoms with E-state index in [0.717, 1.165) is 16.8 Å². The largest absolute Gasteiger partial charge is 0.481 e. The van der Waals surface area contributed by atoms with Gasteiger partial charge in [0.1, 0.15) is 0 Å². The minimum absolute atomic E-state index is 0.0895. The molecule has 0 aromatic carbocycles. The van der Waals surface area contributed by atoms with Crippen LogP contribution in [-0.4, -0.2) is 50.2 Å². The number of rotatable bonds is 5. The Hall–Kier alpha value is -2.44. The molecule has 2 heterocycles. The third-order valence-electron chi connectivity index (χ3n) is 4.30. The fraction of sp³-hybridized carbons (Fsp3) is 0.579. The molecule has 0 atom stereocenters. The summed E-state index contributed by atoms with van der Waals surface area (Å²) < 4.78 is 1.86. The second kappa shape index (κ2) is 7.05. The number of hydrogen-bond donors (Lipinski definition) is 1. The Morgan fingerprint density at radius 2 is 1.92 bits per heavy atom. The van der Waals surface area contributed by atoms with Crippen LogP contribution in [0.15, 0.2) is 6.07 Å². The molecule has 2 rings (SSSR count). The van der Waals surface area contributed by atoms with E-state index in [0.29, 0.717) is 11.2 Å². The van der Waals surface area contributed by atoms with Crippen LogP contribution in [0.1, 0.15) is 68.7 Å². The third kappa shape index (κ3) is 3.86. The normalized spacial score (nSPS) is 12.0. The fourth-order valence-corrected chi connectivity index (χ4v) is 2.81. The number of aryl methyl sites for hydroxylation is 1. The summed E-state index contributed by atoms with van der Waals surface area (Å²) in [5.74, 6) is -0.986. The molecule has 0 spiro atoms. The van der Waals surface area contributed by atoms with Crippen LogP contribution < -0.4 is 0 Å². The Labute approximate surface area is 154 Å². The zero-order valence-corrected chi connectivity index (χ0v) is 16.6. The molecule has 0 fully saturated rings. The van der Waals surface area contributed by atoms with Crippen molar-refractivity contribution in [3.05, 3.63) is 23.0 Å². The molecule has 0 unspecified atom stereocenters. The van der Waals surface area contributed by atoms with Gasteiger partial charge in [0.2, 0.25) is 0 Å². The standard InChI is InChI=1S/C19H28N4O3/c1-11(2)14-10-13(18(26)22(7)9-8-15(24)25)16-12(3)21-23(17(16)20-14)19(4,5)6/h10-11H,8-9H2,1-7H3,(H,24,25). The SMILES string of the molecule is Cc1nn(C(C)(C)C)c2nc(C(C)C)cc(C(=O)N(C)CCC(=O)O)c12. The van der Waals surface area contributed by atoms with Crippen LogP contribution in [0, 0.1) is 6.92 Å². The number of nitrogens with zero attached hydrogens (tertiary/aromatic N) is 4. The van der Waals surface area contributed by atoms with Crippen LogP contribution in [-0.2, 0) is 10.3 Å². The van der Waals surface area contributed by atoms with E-state index in [1.54, 1.807) is 7.05 Å². The van der Waals surface area contributed by atoms with E-state index < -0.39 is 5.97 Å². The number of aliphatic carboxylic acids is 1. The molecule has 7 heteroatoms. The Kier molecular flexibility index (Phi) is 5.39. The lowest BCUT2D eigenvalue weighted by Gasteiger charge is -2.21. The number of amides is 1.